The first-order valence-electron chi connectivity index (χ1n) is 7.47. The smallest absolute Gasteiger partial charge is 0.228 e. The number of carbonyl (C=O) groups is 2. The number of carbonyl (C=O) groups excluding carboxylic acids is 2. The molecule has 2 rings (SSSR count). The summed E-state index contributed by atoms with van der Waals surface area (Å²) in [5.41, 5.74) is 0.656. The van der Waals surface area contributed by atoms with Gasteiger partial charge in [0.2, 0.25) is 11.8 Å². The Labute approximate surface area is 125 Å². The molecule has 2 unspecified atom stereocenters. The summed E-state index contributed by atoms with van der Waals surface area (Å²) >= 11 is 0. The Balaban J connectivity index is 1.90. The summed E-state index contributed by atoms with van der Waals surface area (Å²) in [6, 6.07) is 7.32. The fourth-order valence-electron chi connectivity index (χ4n) is 2.23. The molecule has 0 saturated heterocycles. The average Bonchev–Trinajstić information content (AvgIpc) is 3.27. The van der Waals surface area contributed by atoms with E-state index in [9.17, 15) is 9.59 Å². The minimum atomic E-state index is -0.225. The van der Waals surface area contributed by atoms with Crippen molar-refractivity contribution in [3.63, 3.8) is 0 Å². The fraction of sp³-hybridized carbons (Fsp3) is 0.500. The highest BCUT2D eigenvalue weighted by Gasteiger charge is 2.47. The average molecular weight is 290 g/mol. The van der Waals surface area contributed by atoms with E-state index in [-0.39, 0.29) is 23.7 Å². The second-order valence-electron chi connectivity index (χ2n) is 5.16. The molecular formula is C16H22N2O3. The maximum atomic E-state index is 12.2. The summed E-state index contributed by atoms with van der Waals surface area (Å²) < 4.78 is 5.47. The molecule has 1 aliphatic carbocycles. The molecule has 1 saturated carbocycles. The zero-order valence-corrected chi connectivity index (χ0v) is 12.5. The predicted molar refractivity (Wildman–Crippen MR) is 81.1 cm³/mol. The van der Waals surface area contributed by atoms with Crippen molar-refractivity contribution in [3.05, 3.63) is 24.3 Å². The summed E-state index contributed by atoms with van der Waals surface area (Å²) in [5.74, 6) is 0.113. The Hall–Kier alpha value is -2.04. The molecular weight excluding hydrogens is 268 g/mol. The van der Waals surface area contributed by atoms with Gasteiger partial charge < -0.3 is 15.4 Å². The molecule has 114 valence electrons. The topological polar surface area (TPSA) is 67.4 Å². The SMILES string of the molecule is CCCNC(=O)C1CC1C(=O)Nc1ccccc1OCC. The third kappa shape index (κ3) is 3.97. The van der Waals surface area contributed by atoms with Crippen LogP contribution in [-0.4, -0.2) is 25.0 Å². The minimum Gasteiger partial charge on any atom is -0.492 e. The summed E-state index contributed by atoms with van der Waals surface area (Å²) in [4.78, 5) is 24.0. The molecule has 2 N–H and O–H groups in total. The van der Waals surface area contributed by atoms with Crippen LogP contribution in [0, 0.1) is 11.8 Å². The largest absolute Gasteiger partial charge is 0.492 e. The molecule has 0 spiro atoms. The van der Waals surface area contributed by atoms with Crippen molar-refractivity contribution >= 4 is 17.5 Å². The molecule has 1 aromatic carbocycles. The Morgan fingerprint density at radius 3 is 2.62 bits per heavy atom. The predicted octanol–water partition coefficient (Wildman–Crippen LogP) is 2.19. The molecule has 2 atom stereocenters. The van der Waals surface area contributed by atoms with Crippen LogP contribution in [-0.2, 0) is 9.59 Å². The zero-order valence-electron chi connectivity index (χ0n) is 12.5. The van der Waals surface area contributed by atoms with Crippen molar-refractivity contribution in [2.24, 2.45) is 11.8 Å². The van der Waals surface area contributed by atoms with Gasteiger partial charge in [-0.15, -0.1) is 0 Å². The van der Waals surface area contributed by atoms with Crippen LogP contribution in [0.5, 0.6) is 5.75 Å². The first-order valence-corrected chi connectivity index (χ1v) is 7.47. The van der Waals surface area contributed by atoms with Gasteiger partial charge >= 0.3 is 0 Å². The highest BCUT2D eigenvalue weighted by molar-refractivity contribution is 6.00. The number of para-hydroxylation sites is 2. The van der Waals surface area contributed by atoms with Gasteiger partial charge in [-0.3, -0.25) is 9.59 Å². The zero-order chi connectivity index (χ0) is 15.2. The normalized spacial score (nSPS) is 19.7. The summed E-state index contributed by atoms with van der Waals surface area (Å²) in [6.45, 7) is 5.10. The molecule has 0 aliphatic heterocycles. The Morgan fingerprint density at radius 1 is 1.19 bits per heavy atom. The molecule has 0 radical (unpaired) electrons. The van der Waals surface area contributed by atoms with Crippen molar-refractivity contribution in [1.82, 2.24) is 5.32 Å². The van der Waals surface area contributed by atoms with Gasteiger partial charge in [-0.25, -0.2) is 0 Å². The molecule has 1 fully saturated rings. The van der Waals surface area contributed by atoms with E-state index in [1.54, 1.807) is 6.07 Å². The number of nitrogens with one attached hydrogen (secondary N) is 2. The third-order valence-electron chi connectivity index (χ3n) is 3.46. The van der Waals surface area contributed by atoms with E-state index in [0.29, 0.717) is 31.0 Å². The van der Waals surface area contributed by atoms with Crippen LogP contribution in [0.1, 0.15) is 26.7 Å². The van der Waals surface area contributed by atoms with Gasteiger partial charge in [0.25, 0.3) is 0 Å². The van der Waals surface area contributed by atoms with E-state index in [1.165, 1.54) is 0 Å². The third-order valence-corrected chi connectivity index (χ3v) is 3.46. The lowest BCUT2D eigenvalue weighted by Gasteiger charge is -2.11. The van der Waals surface area contributed by atoms with Crippen molar-refractivity contribution in [2.45, 2.75) is 26.7 Å². The number of ether oxygens (including phenoxy) is 1. The number of amides is 2. The van der Waals surface area contributed by atoms with Gasteiger partial charge in [-0.1, -0.05) is 19.1 Å². The quantitative estimate of drug-likeness (QED) is 0.809. The van der Waals surface area contributed by atoms with E-state index < -0.39 is 0 Å². The van der Waals surface area contributed by atoms with Crippen molar-refractivity contribution < 1.29 is 14.3 Å². The number of anilines is 1. The Bertz CT molecular complexity index is 516. The summed E-state index contributed by atoms with van der Waals surface area (Å²) in [7, 11) is 0. The van der Waals surface area contributed by atoms with E-state index in [0.717, 1.165) is 6.42 Å². The molecule has 1 aromatic rings. The molecule has 0 bridgehead atoms. The molecule has 21 heavy (non-hydrogen) atoms. The maximum Gasteiger partial charge on any atom is 0.228 e. The maximum absolute atomic E-state index is 12.2. The summed E-state index contributed by atoms with van der Waals surface area (Å²) in [6.07, 6.45) is 1.52. The number of rotatable bonds is 7. The van der Waals surface area contributed by atoms with Crippen LogP contribution < -0.4 is 15.4 Å². The minimum absolute atomic E-state index is 0.0184. The Morgan fingerprint density at radius 2 is 1.90 bits per heavy atom. The molecule has 1 aliphatic rings. The van der Waals surface area contributed by atoms with Crippen LogP contribution in [0.25, 0.3) is 0 Å². The molecule has 0 aromatic heterocycles. The summed E-state index contributed by atoms with van der Waals surface area (Å²) in [5, 5.41) is 5.69. The van der Waals surface area contributed by atoms with Gasteiger partial charge in [0, 0.05) is 6.54 Å². The van der Waals surface area contributed by atoms with Gasteiger partial charge in [-0.05, 0) is 31.9 Å². The first-order chi connectivity index (χ1) is 10.2. The molecule has 5 nitrogen and oxygen atoms in total. The van der Waals surface area contributed by atoms with E-state index >= 15 is 0 Å². The lowest BCUT2D eigenvalue weighted by molar-refractivity contribution is -0.125. The van der Waals surface area contributed by atoms with Crippen LogP contribution in [0.4, 0.5) is 5.69 Å². The highest BCUT2D eigenvalue weighted by Crippen LogP contribution is 2.40. The van der Waals surface area contributed by atoms with Crippen LogP contribution in [0.3, 0.4) is 0 Å². The van der Waals surface area contributed by atoms with Crippen molar-refractivity contribution in [1.29, 1.82) is 0 Å². The second-order valence-corrected chi connectivity index (χ2v) is 5.16. The van der Waals surface area contributed by atoms with E-state index in [2.05, 4.69) is 10.6 Å². The molecule has 0 heterocycles. The number of hydrogen-bond acceptors (Lipinski definition) is 3. The van der Waals surface area contributed by atoms with Gasteiger partial charge in [0.05, 0.1) is 24.1 Å². The van der Waals surface area contributed by atoms with E-state index in [1.807, 2.05) is 32.0 Å². The van der Waals surface area contributed by atoms with Crippen LogP contribution in [0.2, 0.25) is 0 Å². The van der Waals surface area contributed by atoms with Crippen molar-refractivity contribution in [3.8, 4) is 5.75 Å². The number of benzene rings is 1. The van der Waals surface area contributed by atoms with E-state index in [4.69, 9.17) is 4.74 Å². The second kappa shape index (κ2) is 7.11. The first kappa shape index (κ1) is 15.4. The standard InChI is InChI=1S/C16H22N2O3/c1-3-9-17-15(19)11-10-12(11)16(20)18-13-7-5-6-8-14(13)21-4-2/h5-8,11-12H,3-4,9-10H2,1-2H3,(H,17,19)(H,18,20). The molecule has 5 heteroatoms. The fourth-order valence-corrected chi connectivity index (χ4v) is 2.23. The lowest BCUT2D eigenvalue weighted by Crippen LogP contribution is -2.28. The van der Waals surface area contributed by atoms with Crippen LogP contribution in [0.15, 0.2) is 24.3 Å². The molecule has 2 amide bonds. The van der Waals surface area contributed by atoms with Gasteiger partial charge in [0.1, 0.15) is 5.75 Å². The lowest BCUT2D eigenvalue weighted by atomic mass is 10.2. The van der Waals surface area contributed by atoms with Gasteiger partial charge in [0.15, 0.2) is 0 Å². The van der Waals surface area contributed by atoms with Crippen molar-refractivity contribution in [2.75, 3.05) is 18.5 Å². The monoisotopic (exact) mass is 290 g/mol. The van der Waals surface area contributed by atoms with Crippen LogP contribution >= 0.6 is 0 Å². The number of hydrogen-bond donors (Lipinski definition) is 2. The highest BCUT2D eigenvalue weighted by atomic mass is 16.5. The Kier molecular flexibility index (Phi) is 5.20. The van der Waals surface area contributed by atoms with Gasteiger partial charge in [-0.2, -0.15) is 0 Å².